The van der Waals surface area contributed by atoms with Crippen molar-refractivity contribution in [2.24, 2.45) is 5.73 Å². The Labute approximate surface area is 96.0 Å². The van der Waals surface area contributed by atoms with Gasteiger partial charge in [-0.1, -0.05) is 19.6 Å². The fourth-order valence-corrected chi connectivity index (χ4v) is 1.18. The Morgan fingerprint density at radius 2 is 2.25 bits per heavy atom. The molecule has 0 bridgehead atoms. The third kappa shape index (κ3) is 7.00. The maximum Gasteiger partial charge on any atom is 0.306 e. The summed E-state index contributed by atoms with van der Waals surface area (Å²) in [7, 11) is 0. The smallest absolute Gasteiger partial charge is 0.306 e. The summed E-state index contributed by atoms with van der Waals surface area (Å²) in [4.78, 5) is 21.9. The number of ether oxygens (including phenoxy) is 1. The molecule has 1 atom stereocenters. The van der Waals surface area contributed by atoms with Gasteiger partial charge in [0.1, 0.15) is 6.61 Å². The summed E-state index contributed by atoms with van der Waals surface area (Å²) in [6.07, 6.45) is 3.13. The summed E-state index contributed by atoms with van der Waals surface area (Å²) in [5, 5.41) is 2.98. The topological polar surface area (TPSA) is 81.4 Å². The molecule has 0 aliphatic rings. The number of nitrogens with two attached hydrogens (primary N) is 1. The first-order chi connectivity index (χ1) is 7.61. The maximum atomic E-state index is 11.1. The molecule has 16 heavy (non-hydrogen) atoms. The number of carbonyl (C=O) groups excluding carboxylic acids is 2. The average molecular weight is 228 g/mol. The molecule has 5 nitrogen and oxygen atoms in total. The SMILES string of the molecule is C=CCOC(=O)CCCN[C@H](CC)C(N)=O. The van der Waals surface area contributed by atoms with Gasteiger partial charge in [-0.15, -0.1) is 0 Å². The lowest BCUT2D eigenvalue weighted by Crippen LogP contribution is -2.41. The number of hydrogen-bond donors (Lipinski definition) is 2. The number of nitrogens with one attached hydrogen (secondary N) is 1. The van der Waals surface area contributed by atoms with Gasteiger partial charge in [0.15, 0.2) is 0 Å². The first kappa shape index (κ1) is 14.6. The molecule has 0 rings (SSSR count). The molecule has 0 aliphatic carbocycles. The van der Waals surface area contributed by atoms with E-state index in [2.05, 4.69) is 11.9 Å². The molecule has 0 aromatic carbocycles. The lowest BCUT2D eigenvalue weighted by molar-refractivity contribution is -0.142. The van der Waals surface area contributed by atoms with Crippen LogP contribution in [0.2, 0.25) is 0 Å². The zero-order valence-corrected chi connectivity index (χ0v) is 9.70. The number of hydrogen-bond acceptors (Lipinski definition) is 4. The lowest BCUT2D eigenvalue weighted by atomic mass is 10.2. The molecule has 0 saturated carbocycles. The quantitative estimate of drug-likeness (QED) is 0.339. The van der Waals surface area contributed by atoms with Crippen LogP contribution in [0.4, 0.5) is 0 Å². The Morgan fingerprint density at radius 3 is 2.75 bits per heavy atom. The van der Waals surface area contributed by atoms with Gasteiger partial charge >= 0.3 is 5.97 Å². The van der Waals surface area contributed by atoms with E-state index in [1.54, 1.807) is 0 Å². The van der Waals surface area contributed by atoms with Crippen molar-refractivity contribution >= 4 is 11.9 Å². The third-order valence-electron chi connectivity index (χ3n) is 2.06. The van der Waals surface area contributed by atoms with Crippen molar-refractivity contribution in [3.63, 3.8) is 0 Å². The Kier molecular flexibility index (Phi) is 8.15. The molecule has 5 heteroatoms. The predicted molar refractivity (Wildman–Crippen MR) is 61.7 cm³/mol. The second-order valence-electron chi connectivity index (χ2n) is 3.39. The normalized spacial score (nSPS) is 11.8. The predicted octanol–water partition coefficient (Wildman–Crippen LogP) is 0.349. The van der Waals surface area contributed by atoms with Gasteiger partial charge in [-0.25, -0.2) is 0 Å². The van der Waals surface area contributed by atoms with Crippen molar-refractivity contribution in [2.75, 3.05) is 13.2 Å². The monoisotopic (exact) mass is 228 g/mol. The number of primary amides is 1. The van der Waals surface area contributed by atoms with Crippen LogP contribution in [0.1, 0.15) is 26.2 Å². The van der Waals surface area contributed by atoms with Gasteiger partial charge in [0.25, 0.3) is 0 Å². The van der Waals surface area contributed by atoms with Crippen molar-refractivity contribution < 1.29 is 14.3 Å². The molecule has 0 aromatic heterocycles. The second-order valence-corrected chi connectivity index (χ2v) is 3.39. The van der Waals surface area contributed by atoms with E-state index in [-0.39, 0.29) is 24.5 Å². The molecule has 0 fully saturated rings. The van der Waals surface area contributed by atoms with Gasteiger partial charge in [-0.3, -0.25) is 9.59 Å². The van der Waals surface area contributed by atoms with Crippen molar-refractivity contribution in [3.05, 3.63) is 12.7 Å². The summed E-state index contributed by atoms with van der Waals surface area (Å²) >= 11 is 0. The van der Waals surface area contributed by atoms with Crippen molar-refractivity contribution in [3.8, 4) is 0 Å². The van der Waals surface area contributed by atoms with E-state index >= 15 is 0 Å². The van der Waals surface area contributed by atoms with E-state index in [9.17, 15) is 9.59 Å². The second kappa shape index (κ2) is 8.91. The summed E-state index contributed by atoms with van der Waals surface area (Å²) in [5.74, 6) is -0.620. The van der Waals surface area contributed by atoms with Crippen LogP contribution in [0.5, 0.6) is 0 Å². The minimum absolute atomic E-state index is 0.241. The summed E-state index contributed by atoms with van der Waals surface area (Å²) in [5.41, 5.74) is 5.15. The van der Waals surface area contributed by atoms with E-state index in [1.807, 2.05) is 6.92 Å². The molecule has 0 saturated heterocycles. The molecule has 0 spiro atoms. The highest BCUT2D eigenvalue weighted by atomic mass is 16.5. The first-order valence-corrected chi connectivity index (χ1v) is 5.41. The number of amides is 1. The molecular formula is C11H20N2O3. The fraction of sp³-hybridized carbons (Fsp3) is 0.636. The highest BCUT2D eigenvalue weighted by Crippen LogP contribution is 1.94. The Hall–Kier alpha value is -1.36. The molecule has 1 amide bonds. The molecule has 0 unspecified atom stereocenters. The highest BCUT2D eigenvalue weighted by molar-refractivity contribution is 5.79. The van der Waals surface area contributed by atoms with Crippen LogP contribution in [0.15, 0.2) is 12.7 Å². The number of esters is 1. The largest absolute Gasteiger partial charge is 0.461 e. The van der Waals surface area contributed by atoms with E-state index < -0.39 is 0 Å². The van der Waals surface area contributed by atoms with Gasteiger partial charge in [0.05, 0.1) is 6.04 Å². The first-order valence-electron chi connectivity index (χ1n) is 5.41. The zero-order valence-electron chi connectivity index (χ0n) is 9.70. The molecule has 0 heterocycles. The average Bonchev–Trinajstić information content (AvgIpc) is 2.25. The molecule has 3 N–H and O–H groups in total. The van der Waals surface area contributed by atoms with Crippen LogP contribution in [0, 0.1) is 0 Å². The van der Waals surface area contributed by atoms with Gasteiger partial charge < -0.3 is 15.8 Å². The van der Waals surface area contributed by atoms with E-state index in [4.69, 9.17) is 10.5 Å². The van der Waals surface area contributed by atoms with E-state index in [0.29, 0.717) is 25.8 Å². The number of rotatable bonds is 9. The minimum Gasteiger partial charge on any atom is -0.461 e. The Bertz CT molecular complexity index is 241. The van der Waals surface area contributed by atoms with Gasteiger partial charge in [0, 0.05) is 6.42 Å². The van der Waals surface area contributed by atoms with Crippen LogP contribution in [-0.2, 0) is 14.3 Å². The standard InChI is InChI=1S/C11H20N2O3/c1-3-8-16-10(14)6-5-7-13-9(4-2)11(12)15/h3,9,13H,1,4-8H2,2H3,(H2,12,15)/t9-/m1/s1. The van der Waals surface area contributed by atoms with Crippen molar-refractivity contribution in [1.29, 1.82) is 0 Å². The molecule has 0 aromatic rings. The van der Waals surface area contributed by atoms with Crippen LogP contribution in [-0.4, -0.2) is 31.1 Å². The molecule has 92 valence electrons. The van der Waals surface area contributed by atoms with Crippen LogP contribution in [0.25, 0.3) is 0 Å². The fourth-order valence-electron chi connectivity index (χ4n) is 1.18. The van der Waals surface area contributed by atoms with Crippen LogP contribution >= 0.6 is 0 Å². The summed E-state index contributed by atoms with van der Waals surface area (Å²) in [6.45, 7) is 6.13. The maximum absolute atomic E-state index is 11.1. The molecule has 0 radical (unpaired) electrons. The highest BCUT2D eigenvalue weighted by Gasteiger charge is 2.11. The van der Waals surface area contributed by atoms with Crippen molar-refractivity contribution in [1.82, 2.24) is 5.32 Å². The van der Waals surface area contributed by atoms with Crippen LogP contribution in [0.3, 0.4) is 0 Å². The van der Waals surface area contributed by atoms with Crippen LogP contribution < -0.4 is 11.1 Å². The van der Waals surface area contributed by atoms with E-state index in [0.717, 1.165) is 0 Å². The Balaban J connectivity index is 3.55. The summed E-state index contributed by atoms with van der Waals surface area (Å²) < 4.78 is 4.80. The molecule has 0 aliphatic heterocycles. The Morgan fingerprint density at radius 1 is 1.56 bits per heavy atom. The number of carbonyl (C=O) groups is 2. The lowest BCUT2D eigenvalue weighted by Gasteiger charge is -2.12. The van der Waals surface area contributed by atoms with Crippen molar-refractivity contribution in [2.45, 2.75) is 32.2 Å². The van der Waals surface area contributed by atoms with Gasteiger partial charge in [-0.2, -0.15) is 0 Å². The summed E-state index contributed by atoms with van der Waals surface area (Å²) in [6, 6.07) is -0.316. The third-order valence-corrected chi connectivity index (χ3v) is 2.06. The minimum atomic E-state index is -0.364. The zero-order chi connectivity index (χ0) is 12.4. The molecular weight excluding hydrogens is 208 g/mol. The van der Waals surface area contributed by atoms with Gasteiger partial charge in [0.2, 0.25) is 5.91 Å². The van der Waals surface area contributed by atoms with Gasteiger partial charge in [-0.05, 0) is 19.4 Å². The van der Waals surface area contributed by atoms with E-state index in [1.165, 1.54) is 6.08 Å².